The molecule has 88 valence electrons. The third-order valence-corrected chi connectivity index (χ3v) is 2.87. The van der Waals surface area contributed by atoms with Gasteiger partial charge in [-0.3, -0.25) is 0 Å². The van der Waals surface area contributed by atoms with Crippen LogP contribution >= 0.6 is 27.5 Å². The predicted octanol–water partition coefficient (Wildman–Crippen LogP) is 4.01. The van der Waals surface area contributed by atoms with Crippen LogP contribution < -0.4 is 5.32 Å². The smallest absolute Gasteiger partial charge is 0.337 e. The summed E-state index contributed by atoms with van der Waals surface area (Å²) in [5.74, 6) is -0.984. The SMILES string of the molecule is CCCCNc1c(Cl)cc(Br)cc1C(=O)O. The van der Waals surface area contributed by atoms with Gasteiger partial charge in [0.25, 0.3) is 0 Å². The lowest BCUT2D eigenvalue weighted by molar-refractivity contribution is 0.0698. The third-order valence-electron chi connectivity index (χ3n) is 2.12. The number of carboxylic acids is 1. The molecule has 0 aliphatic carbocycles. The van der Waals surface area contributed by atoms with Gasteiger partial charge in [-0.05, 0) is 18.6 Å². The fraction of sp³-hybridized carbons (Fsp3) is 0.364. The lowest BCUT2D eigenvalue weighted by Gasteiger charge is -2.11. The molecular formula is C11H13BrClNO2. The van der Waals surface area contributed by atoms with E-state index >= 15 is 0 Å². The van der Waals surface area contributed by atoms with Crippen LogP contribution in [0.5, 0.6) is 0 Å². The minimum absolute atomic E-state index is 0.190. The number of carboxylic acid groups (broad SMARTS) is 1. The van der Waals surface area contributed by atoms with Gasteiger partial charge in [-0.25, -0.2) is 4.79 Å². The van der Waals surface area contributed by atoms with Crippen molar-refractivity contribution in [2.45, 2.75) is 19.8 Å². The number of hydrogen-bond acceptors (Lipinski definition) is 2. The summed E-state index contributed by atoms with van der Waals surface area (Å²) in [7, 11) is 0. The van der Waals surface area contributed by atoms with Gasteiger partial charge in [-0.15, -0.1) is 0 Å². The minimum Gasteiger partial charge on any atom is -0.478 e. The molecule has 0 unspecified atom stereocenters. The standard InChI is InChI=1S/C11H13BrClNO2/c1-2-3-4-14-10-8(11(15)16)5-7(12)6-9(10)13/h5-6,14H,2-4H2,1H3,(H,15,16). The quantitative estimate of drug-likeness (QED) is 0.808. The molecule has 3 nitrogen and oxygen atoms in total. The van der Waals surface area contributed by atoms with E-state index < -0.39 is 5.97 Å². The largest absolute Gasteiger partial charge is 0.478 e. The van der Waals surface area contributed by atoms with Gasteiger partial charge in [0, 0.05) is 11.0 Å². The molecule has 0 fully saturated rings. The first-order chi connectivity index (χ1) is 7.56. The van der Waals surface area contributed by atoms with Crippen LogP contribution in [0.1, 0.15) is 30.1 Å². The molecule has 2 N–H and O–H groups in total. The predicted molar refractivity (Wildman–Crippen MR) is 69.5 cm³/mol. The highest BCUT2D eigenvalue weighted by Gasteiger charge is 2.14. The van der Waals surface area contributed by atoms with E-state index in [0.717, 1.165) is 19.4 Å². The molecule has 0 bridgehead atoms. The van der Waals surface area contributed by atoms with Gasteiger partial charge in [0.05, 0.1) is 16.3 Å². The van der Waals surface area contributed by atoms with Crippen LogP contribution in [-0.4, -0.2) is 17.6 Å². The first kappa shape index (κ1) is 13.3. The average Bonchev–Trinajstić information content (AvgIpc) is 2.20. The summed E-state index contributed by atoms with van der Waals surface area (Å²) in [6.07, 6.45) is 2.02. The molecule has 0 amide bonds. The van der Waals surface area contributed by atoms with E-state index in [4.69, 9.17) is 16.7 Å². The zero-order valence-electron chi connectivity index (χ0n) is 8.89. The fourth-order valence-corrected chi connectivity index (χ4v) is 2.19. The van der Waals surface area contributed by atoms with Gasteiger partial charge in [0.1, 0.15) is 0 Å². The second kappa shape index (κ2) is 6.11. The molecule has 0 atom stereocenters. The Morgan fingerprint density at radius 1 is 1.56 bits per heavy atom. The monoisotopic (exact) mass is 305 g/mol. The maximum Gasteiger partial charge on any atom is 0.337 e. The number of aromatic carboxylic acids is 1. The Morgan fingerprint density at radius 3 is 2.81 bits per heavy atom. The fourth-order valence-electron chi connectivity index (χ4n) is 1.31. The number of carbonyl (C=O) groups is 1. The number of benzene rings is 1. The van der Waals surface area contributed by atoms with Crippen LogP contribution in [-0.2, 0) is 0 Å². The Balaban J connectivity index is 2.99. The van der Waals surface area contributed by atoms with Gasteiger partial charge in [0.2, 0.25) is 0 Å². The van der Waals surface area contributed by atoms with Crippen molar-refractivity contribution in [2.75, 3.05) is 11.9 Å². The molecule has 5 heteroatoms. The van der Waals surface area contributed by atoms with Gasteiger partial charge >= 0.3 is 5.97 Å². The van der Waals surface area contributed by atoms with E-state index in [-0.39, 0.29) is 5.56 Å². The average molecular weight is 307 g/mol. The zero-order valence-corrected chi connectivity index (χ0v) is 11.2. The number of halogens is 2. The normalized spacial score (nSPS) is 10.2. The van der Waals surface area contributed by atoms with Crippen molar-refractivity contribution in [1.29, 1.82) is 0 Å². The molecule has 16 heavy (non-hydrogen) atoms. The Kier molecular flexibility index (Phi) is 5.09. The molecule has 0 spiro atoms. The van der Waals surface area contributed by atoms with E-state index in [2.05, 4.69) is 28.2 Å². The summed E-state index contributed by atoms with van der Waals surface area (Å²) in [4.78, 5) is 11.0. The summed E-state index contributed by atoms with van der Waals surface area (Å²) >= 11 is 9.22. The van der Waals surface area contributed by atoms with E-state index in [1.807, 2.05) is 0 Å². The number of unbranched alkanes of at least 4 members (excludes halogenated alkanes) is 1. The summed E-state index contributed by atoms with van der Waals surface area (Å²) in [5.41, 5.74) is 0.682. The van der Waals surface area contributed by atoms with Crippen LogP contribution in [0, 0.1) is 0 Å². The Labute approximate surface area is 108 Å². The van der Waals surface area contributed by atoms with Crippen LogP contribution in [0.3, 0.4) is 0 Å². The molecule has 1 aromatic rings. The molecule has 0 aliphatic heterocycles. The van der Waals surface area contributed by atoms with Crippen molar-refractivity contribution in [1.82, 2.24) is 0 Å². The van der Waals surface area contributed by atoms with Gasteiger partial charge in [-0.2, -0.15) is 0 Å². The zero-order chi connectivity index (χ0) is 12.1. The first-order valence-corrected chi connectivity index (χ1v) is 6.19. The van der Waals surface area contributed by atoms with Crippen LogP contribution in [0.4, 0.5) is 5.69 Å². The van der Waals surface area contributed by atoms with Crippen molar-refractivity contribution in [3.63, 3.8) is 0 Å². The highest BCUT2D eigenvalue weighted by atomic mass is 79.9. The van der Waals surface area contributed by atoms with Crippen molar-refractivity contribution in [2.24, 2.45) is 0 Å². The lowest BCUT2D eigenvalue weighted by atomic mass is 10.1. The maximum absolute atomic E-state index is 11.0. The van der Waals surface area contributed by atoms with E-state index in [1.54, 1.807) is 12.1 Å². The lowest BCUT2D eigenvalue weighted by Crippen LogP contribution is -2.08. The Hall–Kier alpha value is -0.740. The highest BCUT2D eigenvalue weighted by molar-refractivity contribution is 9.10. The van der Waals surface area contributed by atoms with Gasteiger partial charge < -0.3 is 10.4 Å². The molecule has 0 saturated heterocycles. The van der Waals surface area contributed by atoms with Crippen molar-refractivity contribution in [3.8, 4) is 0 Å². The highest BCUT2D eigenvalue weighted by Crippen LogP contribution is 2.30. The molecule has 1 aromatic carbocycles. The van der Waals surface area contributed by atoms with Gasteiger partial charge in [-0.1, -0.05) is 40.9 Å². The molecule has 0 saturated carbocycles. The molecule has 0 aliphatic rings. The summed E-state index contributed by atoms with van der Waals surface area (Å²) in [6.45, 7) is 2.79. The second-order valence-corrected chi connectivity index (χ2v) is 4.72. The number of anilines is 1. The topological polar surface area (TPSA) is 49.3 Å². The Bertz CT molecular complexity index is 396. The van der Waals surface area contributed by atoms with Crippen molar-refractivity contribution >= 4 is 39.2 Å². The van der Waals surface area contributed by atoms with E-state index in [9.17, 15) is 4.79 Å². The van der Waals surface area contributed by atoms with Crippen LogP contribution in [0.15, 0.2) is 16.6 Å². The molecule has 0 aromatic heterocycles. The number of nitrogens with one attached hydrogen (secondary N) is 1. The van der Waals surface area contributed by atoms with Crippen molar-refractivity contribution < 1.29 is 9.90 Å². The van der Waals surface area contributed by atoms with Crippen molar-refractivity contribution in [3.05, 3.63) is 27.2 Å². The summed E-state index contributed by atoms with van der Waals surface area (Å²) in [5, 5.41) is 12.5. The third kappa shape index (κ3) is 3.39. The van der Waals surface area contributed by atoms with E-state index in [1.165, 1.54) is 0 Å². The Morgan fingerprint density at radius 2 is 2.25 bits per heavy atom. The number of rotatable bonds is 5. The molecule has 0 radical (unpaired) electrons. The number of hydrogen-bond donors (Lipinski definition) is 2. The maximum atomic E-state index is 11.0. The first-order valence-electron chi connectivity index (χ1n) is 5.02. The summed E-state index contributed by atoms with van der Waals surface area (Å²) in [6, 6.07) is 3.23. The summed E-state index contributed by atoms with van der Waals surface area (Å²) < 4.78 is 0.663. The second-order valence-electron chi connectivity index (χ2n) is 3.40. The van der Waals surface area contributed by atoms with E-state index in [0.29, 0.717) is 15.2 Å². The minimum atomic E-state index is -0.984. The van der Waals surface area contributed by atoms with Crippen LogP contribution in [0.2, 0.25) is 5.02 Å². The molecular weight excluding hydrogens is 293 g/mol. The van der Waals surface area contributed by atoms with Crippen LogP contribution in [0.25, 0.3) is 0 Å². The molecule has 1 rings (SSSR count). The molecule has 0 heterocycles. The van der Waals surface area contributed by atoms with Gasteiger partial charge in [0.15, 0.2) is 0 Å².